The van der Waals surface area contributed by atoms with E-state index < -0.39 is 7.32 Å². The minimum Gasteiger partial charge on any atom is -0.379 e. The number of hydrogen-bond acceptors (Lipinski definition) is 3. The number of hydrogen-bond donors (Lipinski definition) is 0. The molecule has 1 saturated heterocycles. The first-order valence-electron chi connectivity index (χ1n) is 6.48. The summed E-state index contributed by atoms with van der Waals surface area (Å²) in [7, 11) is -0.643. The summed E-state index contributed by atoms with van der Waals surface area (Å²) >= 11 is 5.87. The van der Waals surface area contributed by atoms with Gasteiger partial charge in [-0.25, -0.2) is 0 Å². The molecule has 1 fully saturated rings. The molecule has 104 valence electrons. The van der Waals surface area contributed by atoms with Crippen LogP contribution in [0.4, 0.5) is 0 Å². The van der Waals surface area contributed by atoms with E-state index >= 15 is 0 Å². The van der Waals surface area contributed by atoms with Crippen LogP contribution in [0.1, 0.15) is 46.3 Å². The normalized spacial score (nSPS) is 22.5. The van der Waals surface area contributed by atoms with Crippen LogP contribution in [0.15, 0.2) is 24.3 Å². The van der Waals surface area contributed by atoms with Crippen LogP contribution in [0.3, 0.4) is 0 Å². The van der Waals surface area contributed by atoms with Crippen LogP contribution in [0, 0.1) is 0 Å². The summed E-state index contributed by atoms with van der Waals surface area (Å²) < 4.78 is 17.4. The molecule has 0 amide bonds. The van der Waals surface area contributed by atoms with Crippen LogP contribution < -0.4 is 0 Å². The van der Waals surface area contributed by atoms with Crippen molar-refractivity contribution < 1.29 is 14.0 Å². The first kappa shape index (κ1) is 14.9. The van der Waals surface area contributed by atoms with Crippen molar-refractivity contribution in [1.82, 2.24) is 0 Å². The summed E-state index contributed by atoms with van der Waals surface area (Å²) in [5.41, 5.74) is 0.286. The quantitative estimate of drug-likeness (QED) is 0.784. The van der Waals surface area contributed by atoms with E-state index in [0.717, 1.165) is 5.56 Å². The number of benzene rings is 1. The van der Waals surface area contributed by atoms with Crippen molar-refractivity contribution in [3.05, 3.63) is 34.9 Å². The molecule has 0 aliphatic carbocycles. The first-order chi connectivity index (χ1) is 8.71. The third kappa shape index (κ3) is 3.14. The van der Waals surface area contributed by atoms with Crippen LogP contribution in [0.25, 0.3) is 0 Å². The van der Waals surface area contributed by atoms with Crippen LogP contribution in [0.2, 0.25) is 5.02 Å². The fraction of sp³-hybridized carbons (Fsp3) is 0.571. The minimum atomic E-state index is -0.643. The minimum absolute atomic E-state index is 0.119. The predicted octanol–water partition coefficient (Wildman–Crippen LogP) is 4.01. The molecule has 0 saturated carbocycles. The maximum atomic E-state index is 5.87. The third-order valence-electron chi connectivity index (χ3n) is 3.89. The van der Waals surface area contributed by atoms with E-state index in [1.54, 1.807) is 0 Å². The summed E-state index contributed by atoms with van der Waals surface area (Å²) in [4.78, 5) is 0. The van der Waals surface area contributed by atoms with Crippen molar-refractivity contribution >= 4 is 18.9 Å². The van der Waals surface area contributed by atoms with E-state index in [9.17, 15) is 0 Å². The topological polar surface area (TPSA) is 27.7 Å². The molecule has 1 aromatic rings. The van der Waals surface area contributed by atoms with Gasteiger partial charge in [0.25, 0.3) is 0 Å². The Labute approximate surface area is 120 Å². The van der Waals surface area contributed by atoms with Gasteiger partial charge in [0.2, 0.25) is 0 Å². The van der Waals surface area contributed by atoms with Crippen LogP contribution >= 0.6 is 11.6 Å². The Morgan fingerprint density at radius 1 is 1.05 bits per heavy atom. The summed E-state index contributed by atoms with van der Waals surface area (Å²) in [6.45, 7) is 9.98. The monoisotopic (exact) mass is 282 g/mol. The van der Waals surface area contributed by atoms with Crippen molar-refractivity contribution in [3.63, 3.8) is 0 Å². The molecule has 1 unspecified atom stereocenters. The average molecular weight is 283 g/mol. The second-order valence-corrected chi connectivity index (χ2v) is 6.31. The molecule has 0 radical (unpaired) electrons. The highest BCUT2D eigenvalue weighted by molar-refractivity contribution is 6.37. The smallest absolute Gasteiger partial charge is 0.379 e. The molecule has 1 heterocycles. The lowest BCUT2D eigenvalue weighted by atomic mass is 9.90. The summed E-state index contributed by atoms with van der Waals surface area (Å²) in [5.74, 6) is 0. The van der Waals surface area contributed by atoms with E-state index in [1.165, 1.54) is 0 Å². The molecular formula is C14H20BClO3. The zero-order chi connectivity index (χ0) is 14.3. The molecule has 5 heteroatoms. The molecule has 0 aromatic heterocycles. The van der Waals surface area contributed by atoms with Gasteiger partial charge in [-0.1, -0.05) is 23.7 Å². The third-order valence-corrected chi connectivity index (χ3v) is 4.14. The van der Waals surface area contributed by atoms with E-state index in [2.05, 4.69) is 0 Å². The standard InChI is InChI=1S/C14H20BClO3/c1-10(11-6-8-12(16)9-7-11)17-15-18-13(2,3)14(4,5)19-15/h6-10H,1-5H3. The molecule has 0 bridgehead atoms. The lowest BCUT2D eigenvalue weighted by Crippen LogP contribution is -2.41. The van der Waals surface area contributed by atoms with Crippen LogP contribution in [-0.4, -0.2) is 18.5 Å². The van der Waals surface area contributed by atoms with Gasteiger partial charge in [-0.2, -0.15) is 0 Å². The summed E-state index contributed by atoms with van der Waals surface area (Å²) in [6, 6.07) is 7.58. The lowest BCUT2D eigenvalue weighted by Gasteiger charge is -2.31. The predicted molar refractivity (Wildman–Crippen MR) is 77.0 cm³/mol. The molecule has 1 aliphatic heterocycles. The van der Waals surface area contributed by atoms with Crippen molar-refractivity contribution in [1.29, 1.82) is 0 Å². The first-order valence-corrected chi connectivity index (χ1v) is 6.86. The highest BCUT2D eigenvalue weighted by Gasteiger charge is 2.53. The lowest BCUT2D eigenvalue weighted by molar-refractivity contribution is 0.00578. The van der Waals surface area contributed by atoms with E-state index in [0.29, 0.717) is 5.02 Å². The Morgan fingerprint density at radius 2 is 1.53 bits per heavy atom. The molecular weight excluding hydrogens is 262 g/mol. The van der Waals surface area contributed by atoms with E-state index in [-0.39, 0.29) is 17.3 Å². The molecule has 0 spiro atoms. The van der Waals surface area contributed by atoms with Gasteiger partial charge in [0, 0.05) is 5.02 Å². The van der Waals surface area contributed by atoms with Crippen molar-refractivity contribution in [2.75, 3.05) is 0 Å². The van der Waals surface area contributed by atoms with Gasteiger partial charge >= 0.3 is 7.32 Å². The second kappa shape index (κ2) is 5.10. The van der Waals surface area contributed by atoms with Gasteiger partial charge in [-0.15, -0.1) is 0 Å². The maximum Gasteiger partial charge on any atom is 0.640 e. The summed E-state index contributed by atoms with van der Waals surface area (Å²) in [6.07, 6.45) is -0.119. The Hall–Kier alpha value is -0.545. The van der Waals surface area contributed by atoms with E-state index in [4.69, 9.17) is 25.6 Å². The molecule has 1 aromatic carbocycles. The van der Waals surface area contributed by atoms with Crippen LogP contribution in [0.5, 0.6) is 0 Å². The largest absolute Gasteiger partial charge is 0.640 e. The average Bonchev–Trinajstić information content (AvgIpc) is 2.47. The van der Waals surface area contributed by atoms with Gasteiger partial charge < -0.3 is 14.0 Å². The SMILES string of the molecule is CC(OB1OC(C)(C)C(C)(C)O1)c1ccc(Cl)cc1. The van der Waals surface area contributed by atoms with Gasteiger partial charge in [0.05, 0.1) is 17.3 Å². The Kier molecular flexibility index (Phi) is 3.98. The fourth-order valence-electron chi connectivity index (χ4n) is 1.82. The van der Waals surface area contributed by atoms with E-state index in [1.807, 2.05) is 58.9 Å². The Morgan fingerprint density at radius 3 is 2.00 bits per heavy atom. The molecule has 0 N–H and O–H groups in total. The zero-order valence-corrected chi connectivity index (χ0v) is 12.8. The van der Waals surface area contributed by atoms with Gasteiger partial charge in [0.15, 0.2) is 0 Å². The molecule has 1 aliphatic rings. The highest BCUT2D eigenvalue weighted by atomic mass is 35.5. The zero-order valence-electron chi connectivity index (χ0n) is 12.1. The Balaban J connectivity index is 2.01. The number of rotatable bonds is 3. The van der Waals surface area contributed by atoms with Gasteiger partial charge in [-0.05, 0) is 52.3 Å². The summed E-state index contributed by atoms with van der Waals surface area (Å²) in [5, 5.41) is 0.714. The number of halogens is 1. The van der Waals surface area contributed by atoms with Crippen molar-refractivity contribution in [2.24, 2.45) is 0 Å². The molecule has 3 nitrogen and oxygen atoms in total. The molecule has 1 atom stereocenters. The van der Waals surface area contributed by atoms with Crippen molar-refractivity contribution in [2.45, 2.75) is 51.9 Å². The van der Waals surface area contributed by atoms with Gasteiger partial charge in [-0.3, -0.25) is 0 Å². The second-order valence-electron chi connectivity index (χ2n) is 5.87. The highest BCUT2D eigenvalue weighted by Crippen LogP contribution is 2.38. The molecule has 2 rings (SSSR count). The van der Waals surface area contributed by atoms with Crippen LogP contribution in [-0.2, 0) is 14.0 Å². The van der Waals surface area contributed by atoms with Gasteiger partial charge in [0.1, 0.15) is 0 Å². The molecule has 19 heavy (non-hydrogen) atoms. The Bertz CT molecular complexity index is 429. The van der Waals surface area contributed by atoms with Crippen molar-refractivity contribution in [3.8, 4) is 0 Å². The fourth-order valence-corrected chi connectivity index (χ4v) is 1.95. The maximum absolute atomic E-state index is 5.87.